The van der Waals surface area contributed by atoms with E-state index in [-0.39, 0.29) is 11.6 Å². The first-order chi connectivity index (χ1) is 9.54. The lowest BCUT2D eigenvalue weighted by Gasteiger charge is -2.36. The van der Waals surface area contributed by atoms with E-state index < -0.39 is 23.4 Å². The van der Waals surface area contributed by atoms with Gasteiger partial charge < -0.3 is 4.90 Å². The molecule has 0 radical (unpaired) electrons. The predicted molar refractivity (Wildman–Crippen MR) is 69.9 cm³/mol. The maximum atomic E-state index is 13.2. The summed E-state index contributed by atoms with van der Waals surface area (Å²) >= 11 is 0. The molecule has 110 valence electrons. The van der Waals surface area contributed by atoms with E-state index >= 15 is 0 Å². The number of carbonyl (C=O) groups is 1. The molecule has 2 nitrogen and oxygen atoms in total. The van der Waals surface area contributed by atoms with E-state index in [1.165, 1.54) is 0 Å². The van der Waals surface area contributed by atoms with E-state index in [4.69, 9.17) is 0 Å². The molecule has 1 aliphatic rings. The molecule has 0 bridgehead atoms. The Labute approximate surface area is 116 Å². The average Bonchev–Trinajstić information content (AvgIpc) is 2.44. The third-order valence-corrected chi connectivity index (χ3v) is 3.74. The SMILES string of the molecule is CCCC1CCCCN1C(=O)c1cc(F)c(F)c(F)c1. The quantitative estimate of drug-likeness (QED) is 0.771. The van der Waals surface area contributed by atoms with Gasteiger partial charge >= 0.3 is 0 Å². The molecule has 5 heteroatoms. The van der Waals surface area contributed by atoms with Crippen LogP contribution in [0.5, 0.6) is 0 Å². The number of piperidine rings is 1. The number of carbonyl (C=O) groups excluding carboxylic acids is 1. The lowest BCUT2D eigenvalue weighted by Crippen LogP contribution is -2.43. The Morgan fingerprint density at radius 3 is 2.50 bits per heavy atom. The zero-order valence-electron chi connectivity index (χ0n) is 11.5. The molecule has 0 aliphatic carbocycles. The minimum absolute atomic E-state index is 0.109. The van der Waals surface area contributed by atoms with Crippen LogP contribution in [0.4, 0.5) is 13.2 Å². The molecular formula is C15H18F3NO. The van der Waals surface area contributed by atoms with Crippen LogP contribution >= 0.6 is 0 Å². The van der Waals surface area contributed by atoms with Gasteiger partial charge in [0.2, 0.25) is 0 Å². The third-order valence-electron chi connectivity index (χ3n) is 3.74. The smallest absolute Gasteiger partial charge is 0.254 e. The Hall–Kier alpha value is -1.52. The summed E-state index contributed by atoms with van der Waals surface area (Å²) in [6.45, 7) is 2.62. The van der Waals surface area contributed by atoms with Crippen molar-refractivity contribution in [3.63, 3.8) is 0 Å². The minimum atomic E-state index is -1.54. The van der Waals surface area contributed by atoms with Crippen molar-refractivity contribution in [2.75, 3.05) is 6.54 Å². The summed E-state index contributed by atoms with van der Waals surface area (Å²) in [4.78, 5) is 14.0. The molecule has 1 amide bonds. The first-order valence-corrected chi connectivity index (χ1v) is 7.00. The summed E-state index contributed by atoms with van der Waals surface area (Å²) in [5.41, 5.74) is -0.121. The Morgan fingerprint density at radius 2 is 1.90 bits per heavy atom. The number of likely N-dealkylation sites (tertiary alicyclic amines) is 1. The second-order valence-corrected chi connectivity index (χ2v) is 5.19. The number of benzene rings is 1. The van der Waals surface area contributed by atoms with Gasteiger partial charge in [-0.15, -0.1) is 0 Å². The van der Waals surface area contributed by atoms with Crippen molar-refractivity contribution in [3.05, 3.63) is 35.1 Å². The summed E-state index contributed by atoms with van der Waals surface area (Å²) in [6.07, 6.45) is 4.67. The molecule has 2 rings (SSSR count). The minimum Gasteiger partial charge on any atom is -0.336 e. The summed E-state index contributed by atoms with van der Waals surface area (Å²) in [7, 11) is 0. The van der Waals surface area contributed by atoms with Crippen LogP contribution in [0.3, 0.4) is 0 Å². The van der Waals surface area contributed by atoms with Crippen molar-refractivity contribution in [1.29, 1.82) is 0 Å². The molecule has 1 aliphatic heterocycles. The zero-order valence-corrected chi connectivity index (χ0v) is 11.5. The molecule has 0 aromatic heterocycles. The number of rotatable bonds is 3. The summed E-state index contributed by atoms with van der Waals surface area (Å²) < 4.78 is 39.4. The van der Waals surface area contributed by atoms with Crippen LogP contribution in [0.2, 0.25) is 0 Å². The molecule has 1 heterocycles. The number of nitrogens with zero attached hydrogens (tertiary/aromatic N) is 1. The summed E-state index contributed by atoms with van der Waals surface area (Å²) in [6, 6.07) is 1.66. The van der Waals surface area contributed by atoms with Gasteiger partial charge in [-0.05, 0) is 37.8 Å². The number of hydrogen-bond acceptors (Lipinski definition) is 1. The van der Waals surface area contributed by atoms with Gasteiger partial charge in [0.25, 0.3) is 5.91 Å². The maximum Gasteiger partial charge on any atom is 0.254 e. The third kappa shape index (κ3) is 2.97. The Kier molecular flexibility index (Phi) is 4.68. The fraction of sp³-hybridized carbons (Fsp3) is 0.533. The molecule has 1 fully saturated rings. The Balaban J connectivity index is 2.25. The molecule has 20 heavy (non-hydrogen) atoms. The maximum absolute atomic E-state index is 13.2. The van der Waals surface area contributed by atoms with Crippen molar-refractivity contribution in [3.8, 4) is 0 Å². The van der Waals surface area contributed by atoms with Gasteiger partial charge in [-0.3, -0.25) is 4.79 Å². The standard InChI is InChI=1S/C15H18F3NO/c1-2-5-11-6-3-4-7-19(11)15(20)10-8-12(16)14(18)13(17)9-10/h8-9,11H,2-7H2,1H3. The van der Waals surface area contributed by atoms with Gasteiger partial charge in [0.1, 0.15) is 0 Å². The monoisotopic (exact) mass is 285 g/mol. The zero-order chi connectivity index (χ0) is 14.7. The lowest BCUT2D eigenvalue weighted by atomic mass is 9.97. The van der Waals surface area contributed by atoms with Crippen molar-refractivity contribution < 1.29 is 18.0 Å². The highest BCUT2D eigenvalue weighted by Gasteiger charge is 2.28. The topological polar surface area (TPSA) is 20.3 Å². The molecule has 0 saturated carbocycles. The summed E-state index contributed by atoms with van der Waals surface area (Å²) in [5, 5.41) is 0. The number of hydrogen-bond donors (Lipinski definition) is 0. The first-order valence-electron chi connectivity index (χ1n) is 7.00. The van der Waals surface area contributed by atoms with E-state index in [1.54, 1.807) is 4.90 Å². The second kappa shape index (κ2) is 6.29. The number of amides is 1. The predicted octanol–water partition coefficient (Wildman–Crippen LogP) is 3.90. The van der Waals surface area contributed by atoms with Crippen LogP contribution in [0.25, 0.3) is 0 Å². The fourth-order valence-corrected chi connectivity index (χ4v) is 2.75. The number of halogens is 3. The normalized spacial score (nSPS) is 19.2. The van der Waals surface area contributed by atoms with Gasteiger partial charge in [0, 0.05) is 18.2 Å². The molecule has 1 unspecified atom stereocenters. The Bertz CT molecular complexity index is 479. The van der Waals surface area contributed by atoms with Gasteiger partial charge in [-0.25, -0.2) is 13.2 Å². The van der Waals surface area contributed by atoms with Crippen LogP contribution in [0, 0.1) is 17.5 Å². The van der Waals surface area contributed by atoms with Crippen molar-refractivity contribution in [2.24, 2.45) is 0 Å². The van der Waals surface area contributed by atoms with Gasteiger partial charge in [0.15, 0.2) is 17.5 Å². The molecule has 0 spiro atoms. The van der Waals surface area contributed by atoms with Gasteiger partial charge in [-0.2, -0.15) is 0 Å². The van der Waals surface area contributed by atoms with E-state index in [0.717, 1.165) is 44.2 Å². The van der Waals surface area contributed by atoms with Crippen LogP contribution in [0.15, 0.2) is 12.1 Å². The Morgan fingerprint density at radius 1 is 1.25 bits per heavy atom. The molecule has 1 aromatic rings. The van der Waals surface area contributed by atoms with Crippen LogP contribution in [0.1, 0.15) is 49.4 Å². The van der Waals surface area contributed by atoms with Crippen LogP contribution < -0.4 is 0 Å². The van der Waals surface area contributed by atoms with E-state index in [2.05, 4.69) is 0 Å². The molecule has 1 atom stereocenters. The average molecular weight is 285 g/mol. The van der Waals surface area contributed by atoms with Crippen molar-refractivity contribution in [1.82, 2.24) is 4.90 Å². The van der Waals surface area contributed by atoms with Crippen LogP contribution in [-0.4, -0.2) is 23.4 Å². The highest BCUT2D eigenvalue weighted by atomic mass is 19.2. The van der Waals surface area contributed by atoms with Gasteiger partial charge in [-0.1, -0.05) is 13.3 Å². The van der Waals surface area contributed by atoms with Crippen molar-refractivity contribution in [2.45, 2.75) is 45.1 Å². The molecule has 1 aromatic carbocycles. The van der Waals surface area contributed by atoms with Crippen LogP contribution in [-0.2, 0) is 0 Å². The van der Waals surface area contributed by atoms with E-state index in [0.29, 0.717) is 6.54 Å². The highest BCUT2D eigenvalue weighted by Crippen LogP contribution is 2.24. The highest BCUT2D eigenvalue weighted by molar-refractivity contribution is 5.94. The van der Waals surface area contributed by atoms with Gasteiger partial charge in [0.05, 0.1) is 0 Å². The van der Waals surface area contributed by atoms with Crippen molar-refractivity contribution >= 4 is 5.91 Å². The lowest BCUT2D eigenvalue weighted by molar-refractivity contribution is 0.0599. The van der Waals surface area contributed by atoms with E-state index in [9.17, 15) is 18.0 Å². The molecule has 1 saturated heterocycles. The van der Waals surface area contributed by atoms with E-state index in [1.807, 2.05) is 6.92 Å². The summed E-state index contributed by atoms with van der Waals surface area (Å²) in [5.74, 6) is -4.60. The second-order valence-electron chi connectivity index (χ2n) is 5.19. The largest absolute Gasteiger partial charge is 0.336 e. The molecule has 0 N–H and O–H groups in total. The molecular weight excluding hydrogens is 267 g/mol. The first kappa shape index (κ1) is 14.9. The fourth-order valence-electron chi connectivity index (χ4n) is 2.75.